The summed E-state index contributed by atoms with van der Waals surface area (Å²) < 4.78 is 14.2. The Morgan fingerprint density at radius 1 is 1.05 bits per heavy atom. The minimum atomic E-state index is -2.67. The van der Waals surface area contributed by atoms with Gasteiger partial charge in [0.25, 0.3) is 0 Å². The molecule has 0 N–H and O–H groups in total. The van der Waals surface area contributed by atoms with E-state index in [9.17, 15) is 18.7 Å². The first kappa shape index (κ1) is 12.7. The fourth-order valence-corrected chi connectivity index (χ4v) is 4.72. The van der Waals surface area contributed by atoms with E-state index in [1.807, 2.05) is 0 Å². The molecule has 1 aliphatic rings. The van der Waals surface area contributed by atoms with Gasteiger partial charge in [-0.15, -0.1) is 0 Å². The zero-order valence-electron chi connectivity index (χ0n) is 10.1. The number of carbonyl (C=O) groups excluding carboxylic acids is 1. The van der Waals surface area contributed by atoms with Gasteiger partial charge in [0.05, 0.1) is 0 Å². The van der Waals surface area contributed by atoms with Crippen molar-refractivity contribution >= 4 is 35.8 Å². The van der Waals surface area contributed by atoms with Crippen LogP contribution in [0.1, 0.15) is 10.4 Å². The number of nitrogens with zero attached hydrogens (tertiary/aromatic N) is 2. The van der Waals surface area contributed by atoms with Crippen LogP contribution in [0.15, 0.2) is 48.5 Å². The van der Waals surface area contributed by atoms with Crippen molar-refractivity contribution in [3.63, 3.8) is 0 Å². The molecule has 1 atom stereocenters. The third kappa shape index (κ3) is 1.84. The molecule has 0 bridgehead atoms. The molecule has 7 heteroatoms. The van der Waals surface area contributed by atoms with Crippen LogP contribution in [0.25, 0.3) is 0 Å². The molecule has 3 rings (SSSR count). The van der Waals surface area contributed by atoms with Crippen LogP contribution in [-0.2, 0) is 3.83 Å². The Kier molecular flexibility index (Phi) is 2.93. The van der Waals surface area contributed by atoms with Crippen molar-refractivity contribution in [3.8, 4) is 0 Å². The molecular weight excluding hydrogens is 327 g/mol. The second-order valence-electron chi connectivity index (χ2n) is 4.12. The molecule has 1 unspecified atom stereocenters. The van der Waals surface area contributed by atoms with E-state index in [2.05, 4.69) is 0 Å². The Bertz CT molecular complexity index is 707. The summed E-state index contributed by atoms with van der Waals surface area (Å²) in [5, 5.41) is 10.6. The number of fused-ring (bicyclic) bond motifs is 1. The van der Waals surface area contributed by atoms with Gasteiger partial charge in [-0.05, 0) is 0 Å². The number of non-ortho nitro benzene ring substituents is 1. The van der Waals surface area contributed by atoms with Gasteiger partial charge in [-0.1, -0.05) is 0 Å². The van der Waals surface area contributed by atoms with E-state index in [0.29, 0.717) is 15.7 Å². The van der Waals surface area contributed by atoms with Crippen molar-refractivity contribution in [1.29, 1.82) is 0 Å². The van der Waals surface area contributed by atoms with Crippen molar-refractivity contribution in [2.45, 2.75) is 0 Å². The van der Waals surface area contributed by atoms with Crippen LogP contribution in [0.3, 0.4) is 0 Å². The maximum atomic E-state index is 12.4. The van der Waals surface area contributed by atoms with Crippen LogP contribution in [0.2, 0.25) is 0 Å². The third-order valence-corrected chi connectivity index (χ3v) is 5.97. The van der Waals surface area contributed by atoms with Crippen LogP contribution in [-0.4, -0.2) is 24.9 Å². The van der Waals surface area contributed by atoms with Crippen molar-refractivity contribution in [1.82, 2.24) is 0 Å². The zero-order valence-corrected chi connectivity index (χ0v) is 11.8. The van der Waals surface area contributed by atoms with Crippen LogP contribution in [0.5, 0.6) is 0 Å². The van der Waals surface area contributed by atoms with Gasteiger partial charge in [0.2, 0.25) is 0 Å². The predicted octanol–water partition coefficient (Wildman–Crippen LogP) is 1.38. The Labute approximate surface area is 118 Å². The number of nitro groups is 1. The van der Waals surface area contributed by atoms with E-state index in [0.717, 1.165) is 0 Å². The fourth-order valence-electron chi connectivity index (χ4n) is 2.00. The molecule has 0 fully saturated rings. The van der Waals surface area contributed by atoms with E-state index >= 15 is 0 Å². The molecule has 6 nitrogen and oxygen atoms in total. The summed E-state index contributed by atoms with van der Waals surface area (Å²) >= 11 is -2.67. The number of rotatable bonds is 2. The van der Waals surface area contributed by atoms with Crippen molar-refractivity contribution in [3.05, 3.63) is 64.2 Å². The van der Waals surface area contributed by atoms with E-state index < -0.39 is 19.0 Å². The molecule has 0 aromatic heterocycles. The third-order valence-electron chi connectivity index (χ3n) is 2.95. The van der Waals surface area contributed by atoms with Gasteiger partial charge in [0.1, 0.15) is 0 Å². The summed E-state index contributed by atoms with van der Waals surface area (Å²) in [6.45, 7) is 0. The number of hydrogen-bond donors (Lipinski definition) is 0. The number of amides is 1. The molecule has 0 saturated carbocycles. The summed E-state index contributed by atoms with van der Waals surface area (Å²) in [6, 6.07) is 12.2. The number of anilines is 1. The molecule has 0 aliphatic carbocycles. The van der Waals surface area contributed by atoms with Crippen LogP contribution >= 0.6 is 0 Å². The molecule has 0 spiro atoms. The molecule has 2 aromatic rings. The number of nitro benzene ring substituents is 1. The molecule has 0 saturated heterocycles. The molecule has 2 aromatic carbocycles. The van der Waals surface area contributed by atoms with E-state index in [-0.39, 0.29) is 11.6 Å². The number of benzene rings is 2. The first-order valence-electron chi connectivity index (χ1n) is 5.69. The molecule has 100 valence electrons. The molecule has 0 radical (unpaired) electrons. The first-order valence-corrected chi connectivity index (χ1v) is 8.01. The zero-order chi connectivity index (χ0) is 14.3. The Hall–Kier alpha value is -2.37. The summed E-state index contributed by atoms with van der Waals surface area (Å²) in [6.07, 6.45) is 0. The molecule has 1 aliphatic heterocycles. The van der Waals surface area contributed by atoms with E-state index in [4.69, 9.17) is 0 Å². The van der Waals surface area contributed by atoms with Gasteiger partial charge in [-0.25, -0.2) is 0 Å². The van der Waals surface area contributed by atoms with Gasteiger partial charge < -0.3 is 0 Å². The van der Waals surface area contributed by atoms with Gasteiger partial charge in [-0.3, -0.25) is 0 Å². The maximum absolute atomic E-state index is 12.4. The molecule has 1 amide bonds. The van der Waals surface area contributed by atoms with Gasteiger partial charge in [0, 0.05) is 0 Å². The van der Waals surface area contributed by atoms with Gasteiger partial charge >= 0.3 is 117 Å². The quantitative estimate of drug-likeness (QED) is 0.472. The van der Waals surface area contributed by atoms with Gasteiger partial charge in [0.15, 0.2) is 0 Å². The van der Waals surface area contributed by atoms with Crippen molar-refractivity contribution in [2.75, 3.05) is 3.92 Å². The summed E-state index contributed by atoms with van der Waals surface area (Å²) in [7, 11) is 0. The summed E-state index contributed by atoms with van der Waals surface area (Å²) in [5.74, 6) is -0.325. The van der Waals surface area contributed by atoms with Crippen LogP contribution in [0, 0.1) is 10.1 Å². The first-order chi connectivity index (χ1) is 9.59. The average molecular weight is 335 g/mol. The molecule has 1 heterocycles. The minimum absolute atomic E-state index is 0.0691. The fraction of sp³-hybridized carbons (Fsp3) is 0. The van der Waals surface area contributed by atoms with Crippen LogP contribution < -0.4 is 8.38 Å². The summed E-state index contributed by atoms with van der Waals surface area (Å²) in [5.41, 5.74) is 0.781. The average Bonchev–Trinajstić information content (AvgIpc) is 2.72. The standard InChI is InChI=1S/C13H8N2O4Se/c16-13-11-3-1-2-4-12(11)20(19)14(13)9-5-7-10(8-6-9)15(17)18/h1-8H. The van der Waals surface area contributed by atoms with Gasteiger partial charge in [-0.2, -0.15) is 0 Å². The van der Waals surface area contributed by atoms with Crippen molar-refractivity contribution < 1.29 is 13.6 Å². The second-order valence-corrected chi connectivity index (χ2v) is 6.85. The van der Waals surface area contributed by atoms with Crippen LogP contribution in [0.4, 0.5) is 11.4 Å². The predicted molar refractivity (Wildman–Crippen MR) is 72.4 cm³/mol. The number of hydrogen-bond acceptors (Lipinski definition) is 4. The SMILES string of the molecule is O=C1c2ccccc2[Se](=O)N1c1ccc([N+](=O)[O-])cc1. The molecular formula is C13H8N2O4Se. The number of carbonyl (C=O) groups is 1. The monoisotopic (exact) mass is 336 g/mol. The second kappa shape index (κ2) is 4.63. The Balaban J connectivity index is 2.02. The Morgan fingerprint density at radius 2 is 1.70 bits per heavy atom. The van der Waals surface area contributed by atoms with E-state index in [1.165, 1.54) is 28.2 Å². The summed E-state index contributed by atoms with van der Waals surface area (Å²) in [4.78, 5) is 22.3. The molecule has 20 heavy (non-hydrogen) atoms. The van der Waals surface area contributed by atoms with E-state index in [1.54, 1.807) is 24.3 Å². The Morgan fingerprint density at radius 3 is 2.30 bits per heavy atom. The topological polar surface area (TPSA) is 80.5 Å². The van der Waals surface area contributed by atoms with Crippen molar-refractivity contribution in [2.24, 2.45) is 0 Å². The normalized spacial score (nSPS) is 17.1.